The van der Waals surface area contributed by atoms with Crippen LogP contribution in [0.2, 0.25) is 5.02 Å². The van der Waals surface area contributed by atoms with Crippen molar-refractivity contribution in [2.24, 2.45) is 0 Å². The zero-order chi connectivity index (χ0) is 16.8. The molecular weight excluding hydrogens is 314 g/mol. The average molecular weight is 334 g/mol. The predicted molar refractivity (Wildman–Crippen MR) is 93.2 cm³/mol. The number of carbonyl (C=O) groups is 1. The largest absolute Gasteiger partial charge is 0.369 e. The van der Waals surface area contributed by atoms with Gasteiger partial charge in [-0.1, -0.05) is 17.7 Å². The predicted octanol–water partition coefficient (Wildman–Crippen LogP) is 2.66. The molecule has 7 heteroatoms. The average Bonchev–Trinajstić information content (AvgIpc) is 2.51. The molecule has 0 spiro atoms. The van der Waals surface area contributed by atoms with E-state index in [0.29, 0.717) is 22.2 Å². The first-order valence-electron chi connectivity index (χ1n) is 7.24. The van der Waals surface area contributed by atoms with Gasteiger partial charge >= 0.3 is 0 Å². The molecule has 0 saturated carbocycles. The van der Waals surface area contributed by atoms with E-state index in [-0.39, 0.29) is 5.91 Å². The Morgan fingerprint density at radius 2 is 2.04 bits per heavy atom. The minimum atomic E-state index is -0.303. The standard InChI is InChI=1S/C16H20ClN5O/c1-11-4-5-12(8-13(11)17)21-16(23)14-9-15(20-10-19-14)18-6-7-22(2)3/h4-5,8-10H,6-7H2,1-3H3,(H,21,23)(H,18,19,20). The van der Waals surface area contributed by atoms with Gasteiger partial charge in [-0.25, -0.2) is 9.97 Å². The van der Waals surface area contributed by atoms with Gasteiger partial charge in [0.2, 0.25) is 0 Å². The van der Waals surface area contributed by atoms with Crippen molar-refractivity contribution in [3.63, 3.8) is 0 Å². The molecule has 0 aliphatic heterocycles. The molecule has 0 saturated heterocycles. The van der Waals surface area contributed by atoms with Crippen molar-refractivity contribution in [3.8, 4) is 0 Å². The summed E-state index contributed by atoms with van der Waals surface area (Å²) in [4.78, 5) is 22.4. The molecule has 0 fully saturated rings. The lowest BCUT2D eigenvalue weighted by Crippen LogP contribution is -2.21. The fourth-order valence-corrected chi connectivity index (χ4v) is 2.03. The number of nitrogens with one attached hydrogen (secondary N) is 2. The third kappa shape index (κ3) is 5.19. The summed E-state index contributed by atoms with van der Waals surface area (Å²) >= 11 is 6.06. The van der Waals surface area contributed by atoms with E-state index >= 15 is 0 Å². The monoisotopic (exact) mass is 333 g/mol. The summed E-state index contributed by atoms with van der Waals surface area (Å²) in [7, 11) is 3.99. The molecule has 1 amide bonds. The van der Waals surface area contributed by atoms with Gasteiger partial charge in [0.05, 0.1) is 0 Å². The third-order valence-electron chi connectivity index (χ3n) is 3.19. The topological polar surface area (TPSA) is 70.2 Å². The van der Waals surface area contributed by atoms with Crippen LogP contribution in [0.3, 0.4) is 0 Å². The van der Waals surface area contributed by atoms with Crippen molar-refractivity contribution < 1.29 is 4.79 Å². The summed E-state index contributed by atoms with van der Waals surface area (Å²) in [5.74, 6) is 0.317. The molecule has 0 unspecified atom stereocenters. The number of aryl methyl sites for hydroxylation is 1. The number of halogens is 1. The molecule has 0 aliphatic rings. The summed E-state index contributed by atoms with van der Waals surface area (Å²) in [6.07, 6.45) is 1.37. The van der Waals surface area contributed by atoms with E-state index in [9.17, 15) is 4.79 Å². The SMILES string of the molecule is Cc1ccc(NC(=O)c2cc(NCCN(C)C)ncn2)cc1Cl. The van der Waals surface area contributed by atoms with Gasteiger partial charge in [-0.2, -0.15) is 0 Å². The van der Waals surface area contributed by atoms with Gasteiger partial charge in [0.25, 0.3) is 5.91 Å². The van der Waals surface area contributed by atoms with Crippen molar-refractivity contribution in [3.05, 3.63) is 46.9 Å². The van der Waals surface area contributed by atoms with Gasteiger partial charge in [-0.3, -0.25) is 4.79 Å². The van der Waals surface area contributed by atoms with Crippen LogP contribution in [-0.4, -0.2) is 48.0 Å². The zero-order valence-corrected chi connectivity index (χ0v) is 14.2. The number of benzene rings is 1. The van der Waals surface area contributed by atoms with E-state index in [2.05, 4.69) is 25.5 Å². The number of hydrogen-bond donors (Lipinski definition) is 2. The summed E-state index contributed by atoms with van der Waals surface area (Å²) in [5, 5.41) is 6.54. The molecule has 2 aromatic rings. The molecular formula is C16H20ClN5O. The van der Waals surface area contributed by atoms with E-state index in [0.717, 1.165) is 18.7 Å². The maximum Gasteiger partial charge on any atom is 0.274 e. The van der Waals surface area contributed by atoms with Crippen LogP contribution in [0.15, 0.2) is 30.6 Å². The molecule has 2 rings (SSSR count). The minimum Gasteiger partial charge on any atom is -0.369 e. The smallest absolute Gasteiger partial charge is 0.274 e. The van der Waals surface area contributed by atoms with E-state index in [4.69, 9.17) is 11.6 Å². The third-order valence-corrected chi connectivity index (χ3v) is 3.60. The van der Waals surface area contributed by atoms with Crippen LogP contribution < -0.4 is 10.6 Å². The second-order valence-corrected chi connectivity index (χ2v) is 5.84. The first-order valence-corrected chi connectivity index (χ1v) is 7.61. The zero-order valence-electron chi connectivity index (χ0n) is 13.4. The van der Waals surface area contributed by atoms with Crippen molar-refractivity contribution in [1.82, 2.24) is 14.9 Å². The van der Waals surface area contributed by atoms with Crippen molar-refractivity contribution in [1.29, 1.82) is 0 Å². The number of carbonyl (C=O) groups excluding carboxylic acids is 1. The van der Waals surface area contributed by atoms with E-state index in [1.165, 1.54) is 6.33 Å². The van der Waals surface area contributed by atoms with E-state index < -0.39 is 0 Å². The van der Waals surface area contributed by atoms with Gasteiger partial charge in [0.15, 0.2) is 0 Å². The lowest BCUT2D eigenvalue weighted by Gasteiger charge is -2.11. The fourth-order valence-electron chi connectivity index (χ4n) is 1.85. The second kappa shape index (κ2) is 7.89. The molecule has 0 bridgehead atoms. The maximum absolute atomic E-state index is 12.3. The van der Waals surface area contributed by atoms with Crippen LogP contribution in [0.5, 0.6) is 0 Å². The number of amides is 1. The summed E-state index contributed by atoms with van der Waals surface area (Å²) < 4.78 is 0. The molecule has 6 nitrogen and oxygen atoms in total. The molecule has 0 radical (unpaired) electrons. The van der Waals surface area contributed by atoms with Crippen LogP contribution in [0.25, 0.3) is 0 Å². The normalized spacial score (nSPS) is 10.7. The Labute approximate surface area is 140 Å². The Morgan fingerprint density at radius 3 is 2.74 bits per heavy atom. The highest BCUT2D eigenvalue weighted by atomic mass is 35.5. The Balaban J connectivity index is 2.02. The number of aromatic nitrogens is 2. The highest BCUT2D eigenvalue weighted by Gasteiger charge is 2.10. The van der Waals surface area contributed by atoms with Crippen LogP contribution >= 0.6 is 11.6 Å². The highest BCUT2D eigenvalue weighted by Crippen LogP contribution is 2.20. The minimum absolute atomic E-state index is 0.295. The first kappa shape index (κ1) is 17.2. The summed E-state index contributed by atoms with van der Waals surface area (Å²) in [6, 6.07) is 7.00. The molecule has 2 N–H and O–H groups in total. The Kier molecular flexibility index (Phi) is 5.90. The summed E-state index contributed by atoms with van der Waals surface area (Å²) in [5.41, 5.74) is 1.88. The van der Waals surface area contributed by atoms with Crippen LogP contribution in [0, 0.1) is 6.92 Å². The quantitative estimate of drug-likeness (QED) is 0.850. The fraction of sp³-hybridized carbons (Fsp3) is 0.312. The van der Waals surface area contributed by atoms with E-state index in [1.54, 1.807) is 18.2 Å². The number of rotatable bonds is 6. The lowest BCUT2D eigenvalue weighted by atomic mass is 10.2. The van der Waals surface area contributed by atoms with E-state index in [1.807, 2.05) is 27.1 Å². The Bertz CT molecular complexity index is 690. The molecule has 23 heavy (non-hydrogen) atoms. The van der Waals surface area contributed by atoms with Gasteiger partial charge in [-0.15, -0.1) is 0 Å². The number of nitrogens with zero attached hydrogens (tertiary/aromatic N) is 3. The molecule has 1 aromatic carbocycles. The molecule has 1 aromatic heterocycles. The number of anilines is 2. The number of likely N-dealkylation sites (N-methyl/N-ethyl adjacent to an activating group) is 1. The van der Waals surface area contributed by atoms with Crippen molar-refractivity contribution in [2.75, 3.05) is 37.8 Å². The molecule has 122 valence electrons. The first-order chi connectivity index (χ1) is 11.0. The van der Waals surface area contributed by atoms with Crippen LogP contribution in [0.1, 0.15) is 16.1 Å². The summed E-state index contributed by atoms with van der Waals surface area (Å²) in [6.45, 7) is 3.51. The van der Waals surface area contributed by atoms with Crippen LogP contribution in [0.4, 0.5) is 11.5 Å². The van der Waals surface area contributed by atoms with Crippen molar-refractivity contribution in [2.45, 2.75) is 6.92 Å². The molecule has 0 aliphatic carbocycles. The molecule has 1 heterocycles. The van der Waals surface area contributed by atoms with Crippen molar-refractivity contribution >= 4 is 29.0 Å². The van der Waals surface area contributed by atoms with Gasteiger partial charge in [0, 0.05) is 29.9 Å². The maximum atomic E-state index is 12.3. The molecule has 0 atom stereocenters. The van der Waals surface area contributed by atoms with Gasteiger partial charge < -0.3 is 15.5 Å². The number of hydrogen-bond acceptors (Lipinski definition) is 5. The Hall–Kier alpha value is -2.18. The van der Waals surface area contributed by atoms with Gasteiger partial charge in [-0.05, 0) is 38.7 Å². The van der Waals surface area contributed by atoms with Gasteiger partial charge in [0.1, 0.15) is 17.8 Å². The van der Waals surface area contributed by atoms with Crippen LogP contribution in [-0.2, 0) is 0 Å². The second-order valence-electron chi connectivity index (χ2n) is 5.44. The highest BCUT2D eigenvalue weighted by molar-refractivity contribution is 6.31. The Morgan fingerprint density at radius 1 is 1.26 bits per heavy atom. The lowest BCUT2D eigenvalue weighted by molar-refractivity contribution is 0.102.